The molecule has 0 bridgehead atoms. The Kier molecular flexibility index (Phi) is 3.16. The lowest BCUT2D eigenvalue weighted by Gasteiger charge is -2.35. The van der Waals surface area contributed by atoms with Crippen LogP contribution in [0.5, 0.6) is 0 Å². The average molecular weight is 280 g/mol. The monoisotopic (exact) mass is 280 g/mol. The fourth-order valence-electron chi connectivity index (χ4n) is 2.59. The van der Waals surface area contributed by atoms with Crippen LogP contribution in [0.25, 0.3) is 0 Å². The molecule has 3 rings (SSSR count). The highest BCUT2D eigenvalue weighted by Crippen LogP contribution is 2.37. The van der Waals surface area contributed by atoms with E-state index in [1.807, 2.05) is 0 Å². The lowest BCUT2D eigenvalue weighted by Crippen LogP contribution is -2.58. The molecule has 1 saturated heterocycles. The Bertz CT molecular complexity index is 572. The van der Waals surface area contributed by atoms with E-state index in [0.717, 1.165) is 18.9 Å². The fourth-order valence-corrected chi connectivity index (χ4v) is 2.59. The van der Waals surface area contributed by atoms with E-state index in [4.69, 9.17) is 0 Å². The zero-order chi connectivity index (χ0) is 14.3. The molecular formula is C14H14F2N2O2. The summed E-state index contributed by atoms with van der Waals surface area (Å²) < 4.78 is 26.9. The molecule has 1 atom stereocenters. The van der Waals surface area contributed by atoms with Crippen molar-refractivity contribution in [3.05, 3.63) is 35.4 Å². The summed E-state index contributed by atoms with van der Waals surface area (Å²) in [6, 6.07) is 3.30. The molecule has 2 fully saturated rings. The van der Waals surface area contributed by atoms with E-state index in [1.165, 1.54) is 17.0 Å². The van der Waals surface area contributed by atoms with Crippen molar-refractivity contribution >= 4 is 11.8 Å². The highest BCUT2D eigenvalue weighted by Gasteiger charge is 2.44. The van der Waals surface area contributed by atoms with Crippen molar-refractivity contribution in [2.75, 3.05) is 6.54 Å². The van der Waals surface area contributed by atoms with Gasteiger partial charge in [-0.25, -0.2) is 8.78 Å². The number of halogens is 2. The summed E-state index contributed by atoms with van der Waals surface area (Å²) in [5, 5.41) is 2.55. The van der Waals surface area contributed by atoms with Gasteiger partial charge in [-0.05, 0) is 24.8 Å². The summed E-state index contributed by atoms with van der Waals surface area (Å²) >= 11 is 0. The molecule has 1 saturated carbocycles. The summed E-state index contributed by atoms with van der Waals surface area (Å²) in [6.07, 6.45) is 1.76. The quantitative estimate of drug-likeness (QED) is 0.904. The van der Waals surface area contributed by atoms with Gasteiger partial charge in [0, 0.05) is 12.1 Å². The van der Waals surface area contributed by atoms with Crippen LogP contribution in [-0.2, 0) is 16.1 Å². The Labute approximate surface area is 114 Å². The van der Waals surface area contributed by atoms with Gasteiger partial charge in [0.2, 0.25) is 11.8 Å². The molecule has 2 aliphatic rings. The maximum Gasteiger partial charge on any atom is 0.243 e. The van der Waals surface area contributed by atoms with E-state index in [-0.39, 0.29) is 36.4 Å². The van der Waals surface area contributed by atoms with E-state index in [9.17, 15) is 18.4 Å². The Hall–Kier alpha value is -1.98. The largest absolute Gasteiger partial charge is 0.345 e. The number of hydrogen-bond donors (Lipinski definition) is 1. The number of hydrogen-bond acceptors (Lipinski definition) is 2. The van der Waals surface area contributed by atoms with Crippen LogP contribution in [0.2, 0.25) is 0 Å². The van der Waals surface area contributed by atoms with Crippen molar-refractivity contribution in [2.24, 2.45) is 5.92 Å². The van der Waals surface area contributed by atoms with E-state index in [0.29, 0.717) is 0 Å². The van der Waals surface area contributed by atoms with Crippen molar-refractivity contribution in [1.82, 2.24) is 10.2 Å². The lowest BCUT2D eigenvalue weighted by atomic mass is 10.1. The van der Waals surface area contributed by atoms with Crippen molar-refractivity contribution in [3.8, 4) is 0 Å². The van der Waals surface area contributed by atoms with E-state index in [2.05, 4.69) is 5.32 Å². The fraction of sp³-hybridized carbons (Fsp3) is 0.429. The summed E-state index contributed by atoms with van der Waals surface area (Å²) in [6.45, 7) is -0.157. The van der Waals surface area contributed by atoms with Gasteiger partial charge in [-0.1, -0.05) is 12.1 Å². The first-order chi connectivity index (χ1) is 9.58. The van der Waals surface area contributed by atoms with Gasteiger partial charge in [-0.2, -0.15) is 0 Å². The number of carbonyl (C=O) groups is 2. The van der Waals surface area contributed by atoms with Gasteiger partial charge in [0.25, 0.3) is 0 Å². The third kappa shape index (κ3) is 2.26. The Morgan fingerprint density at radius 3 is 2.70 bits per heavy atom. The summed E-state index contributed by atoms with van der Waals surface area (Å²) in [5.41, 5.74) is 0.0960. The van der Waals surface area contributed by atoms with Crippen LogP contribution in [0, 0.1) is 17.6 Å². The molecular weight excluding hydrogens is 266 g/mol. The molecule has 0 spiro atoms. The van der Waals surface area contributed by atoms with Gasteiger partial charge in [-0.15, -0.1) is 0 Å². The number of nitrogens with zero attached hydrogens (tertiary/aromatic N) is 1. The first-order valence-electron chi connectivity index (χ1n) is 6.58. The van der Waals surface area contributed by atoms with Gasteiger partial charge in [0.1, 0.15) is 6.04 Å². The molecule has 6 heteroatoms. The second-order valence-electron chi connectivity index (χ2n) is 5.23. The van der Waals surface area contributed by atoms with Gasteiger partial charge in [-0.3, -0.25) is 9.59 Å². The second-order valence-corrected chi connectivity index (χ2v) is 5.23. The highest BCUT2D eigenvalue weighted by atomic mass is 19.2. The molecule has 1 N–H and O–H groups in total. The molecule has 1 aromatic rings. The molecule has 20 heavy (non-hydrogen) atoms. The van der Waals surface area contributed by atoms with Crippen LogP contribution in [0.1, 0.15) is 18.4 Å². The minimum atomic E-state index is -0.958. The molecule has 0 radical (unpaired) electrons. The van der Waals surface area contributed by atoms with Gasteiger partial charge < -0.3 is 10.2 Å². The zero-order valence-corrected chi connectivity index (χ0v) is 10.7. The second kappa shape index (κ2) is 4.85. The smallest absolute Gasteiger partial charge is 0.243 e. The van der Waals surface area contributed by atoms with Gasteiger partial charge in [0.15, 0.2) is 11.6 Å². The predicted octanol–water partition coefficient (Wildman–Crippen LogP) is 1.20. The van der Waals surface area contributed by atoms with Crippen LogP contribution in [0.4, 0.5) is 8.78 Å². The van der Waals surface area contributed by atoms with Crippen LogP contribution in [0.3, 0.4) is 0 Å². The van der Waals surface area contributed by atoms with E-state index < -0.39 is 17.7 Å². The number of carbonyl (C=O) groups excluding carboxylic acids is 2. The highest BCUT2D eigenvalue weighted by molar-refractivity contribution is 5.95. The maximum absolute atomic E-state index is 13.7. The molecule has 106 valence electrons. The standard InChI is InChI=1S/C14H14F2N2O2/c15-10-3-1-2-9(12(10)16)7-18-11(19)6-17-14(20)13(18)8-4-5-8/h1-3,8,13H,4-7H2,(H,17,20). The normalized spacial score (nSPS) is 22.9. The molecule has 1 aromatic carbocycles. The molecule has 0 aromatic heterocycles. The summed E-state index contributed by atoms with van der Waals surface area (Å²) in [5.74, 6) is -2.23. The lowest BCUT2D eigenvalue weighted by molar-refractivity contribution is -0.147. The molecule has 1 aliphatic carbocycles. The zero-order valence-electron chi connectivity index (χ0n) is 10.7. The van der Waals surface area contributed by atoms with Crippen LogP contribution in [0.15, 0.2) is 18.2 Å². The first-order valence-corrected chi connectivity index (χ1v) is 6.58. The number of piperazine rings is 1. The molecule has 4 nitrogen and oxygen atoms in total. The van der Waals surface area contributed by atoms with Crippen LogP contribution in [-0.4, -0.2) is 29.3 Å². The van der Waals surface area contributed by atoms with Crippen LogP contribution < -0.4 is 5.32 Å². The third-order valence-electron chi connectivity index (χ3n) is 3.78. The molecule has 1 heterocycles. The SMILES string of the molecule is O=C1NCC(=O)N(Cc2cccc(F)c2F)C1C1CC1. The first kappa shape index (κ1) is 13.0. The molecule has 2 amide bonds. The minimum Gasteiger partial charge on any atom is -0.345 e. The third-order valence-corrected chi connectivity index (χ3v) is 3.78. The maximum atomic E-state index is 13.7. The molecule has 1 aliphatic heterocycles. The van der Waals surface area contributed by atoms with Crippen molar-refractivity contribution < 1.29 is 18.4 Å². The van der Waals surface area contributed by atoms with E-state index >= 15 is 0 Å². The van der Waals surface area contributed by atoms with Gasteiger partial charge >= 0.3 is 0 Å². The Morgan fingerprint density at radius 1 is 1.25 bits per heavy atom. The summed E-state index contributed by atoms with van der Waals surface area (Å²) in [7, 11) is 0. The molecule has 1 unspecified atom stereocenters. The van der Waals surface area contributed by atoms with Crippen molar-refractivity contribution in [2.45, 2.75) is 25.4 Å². The van der Waals surface area contributed by atoms with Crippen molar-refractivity contribution in [3.63, 3.8) is 0 Å². The van der Waals surface area contributed by atoms with Gasteiger partial charge in [0.05, 0.1) is 6.54 Å². The number of nitrogens with one attached hydrogen (secondary N) is 1. The Balaban J connectivity index is 1.88. The van der Waals surface area contributed by atoms with E-state index in [1.54, 1.807) is 0 Å². The topological polar surface area (TPSA) is 49.4 Å². The number of rotatable bonds is 3. The average Bonchev–Trinajstić information content (AvgIpc) is 3.23. The predicted molar refractivity (Wildman–Crippen MR) is 66.4 cm³/mol. The Morgan fingerprint density at radius 2 is 2.00 bits per heavy atom. The van der Waals surface area contributed by atoms with Crippen molar-refractivity contribution in [1.29, 1.82) is 0 Å². The number of amides is 2. The minimum absolute atomic E-state index is 0.0724. The summed E-state index contributed by atoms with van der Waals surface area (Å²) in [4.78, 5) is 25.2. The number of benzene rings is 1. The van der Waals surface area contributed by atoms with Crippen LogP contribution >= 0.6 is 0 Å².